The van der Waals surface area contributed by atoms with E-state index in [-0.39, 0.29) is 30.7 Å². The van der Waals surface area contributed by atoms with Crippen molar-refractivity contribution < 1.29 is 18.0 Å². The first kappa shape index (κ1) is 15.9. The van der Waals surface area contributed by atoms with Crippen LogP contribution in [0.4, 0.5) is 8.78 Å². The number of fused-ring (bicyclic) bond motifs is 2. The molecule has 0 saturated heterocycles. The average molecular weight is 359 g/mol. The van der Waals surface area contributed by atoms with Crippen LogP contribution in [0.25, 0.3) is 0 Å². The number of benzene rings is 1. The molecule has 4 atom stereocenters. The highest BCUT2D eigenvalue weighted by molar-refractivity contribution is 5.80. The lowest BCUT2D eigenvalue weighted by Gasteiger charge is -2.36. The average Bonchev–Trinajstić information content (AvgIpc) is 3.07. The van der Waals surface area contributed by atoms with Crippen LogP contribution in [0.15, 0.2) is 28.7 Å². The number of aromatic nitrogens is 2. The minimum atomic E-state index is -2.56. The van der Waals surface area contributed by atoms with Crippen molar-refractivity contribution in [3.05, 3.63) is 47.2 Å². The molecular formula is C19H19F2N3O2. The van der Waals surface area contributed by atoms with Gasteiger partial charge in [0.1, 0.15) is 6.04 Å². The van der Waals surface area contributed by atoms with Crippen molar-refractivity contribution in [1.29, 1.82) is 0 Å². The normalized spacial score (nSPS) is 31.4. The van der Waals surface area contributed by atoms with E-state index in [4.69, 9.17) is 4.42 Å². The number of nitrogens with zero attached hydrogens (tertiary/aromatic N) is 3. The van der Waals surface area contributed by atoms with Gasteiger partial charge < -0.3 is 9.32 Å². The molecule has 2 aliphatic carbocycles. The van der Waals surface area contributed by atoms with Crippen LogP contribution in [0.2, 0.25) is 0 Å². The van der Waals surface area contributed by atoms with Gasteiger partial charge in [-0.25, -0.2) is 8.78 Å². The summed E-state index contributed by atoms with van der Waals surface area (Å²) in [6.45, 7) is 2.16. The van der Waals surface area contributed by atoms with Crippen LogP contribution >= 0.6 is 0 Å². The molecule has 0 bridgehead atoms. The molecule has 1 aromatic heterocycles. The molecule has 3 aliphatic rings. The van der Waals surface area contributed by atoms with Crippen molar-refractivity contribution in [3.8, 4) is 0 Å². The van der Waals surface area contributed by atoms with E-state index < -0.39 is 17.8 Å². The second kappa shape index (κ2) is 5.34. The Bertz CT molecular complexity index is 867. The van der Waals surface area contributed by atoms with Gasteiger partial charge in [0.15, 0.2) is 0 Å². The zero-order valence-corrected chi connectivity index (χ0v) is 14.4. The third-order valence-electron chi connectivity index (χ3n) is 6.15. The summed E-state index contributed by atoms with van der Waals surface area (Å²) in [5.74, 6) is -3.32. The SMILES string of the molecule is Cc1nnc(C2Cc3ccccc3CN2C(=O)C2C[C@@H]3[C@H](C2)C3(F)F)o1. The molecule has 2 aromatic rings. The van der Waals surface area contributed by atoms with Gasteiger partial charge in [-0.3, -0.25) is 4.79 Å². The van der Waals surface area contributed by atoms with Gasteiger partial charge in [0.05, 0.1) is 0 Å². The van der Waals surface area contributed by atoms with Crippen LogP contribution in [0, 0.1) is 24.7 Å². The molecule has 26 heavy (non-hydrogen) atoms. The number of carbonyl (C=O) groups excluding carboxylic acids is 1. The fraction of sp³-hybridized carbons (Fsp3) is 0.526. The molecule has 0 N–H and O–H groups in total. The minimum Gasteiger partial charge on any atom is -0.423 e. The van der Waals surface area contributed by atoms with Gasteiger partial charge in [0, 0.05) is 37.6 Å². The molecule has 2 unspecified atom stereocenters. The molecule has 1 aromatic carbocycles. The number of rotatable bonds is 2. The van der Waals surface area contributed by atoms with Crippen LogP contribution in [0.3, 0.4) is 0 Å². The van der Waals surface area contributed by atoms with Gasteiger partial charge in [-0.1, -0.05) is 24.3 Å². The summed E-state index contributed by atoms with van der Waals surface area (Å²) in [5.41, 5.74) is 2.24. The van der Waals surface area contributed by atoms with E-state index in [1.54, 1.807) is 11.8 Å². The Kier molecular flexibility index (Phi) is 3.27. The monoisotopic (exact) mass is 359 g/mol. The lowest BCUT2D eigenvalue weighted by atomic mass is 9.91. The number of aryl methyl sites for hydroxylation is 1. The van der Waals surface area contributed by atoms with E-state index in [0.717, 1.165) is 11.1 Å². The number of amides is 1. The summed E-state index contributed by atoms with van der Waals surface area (Å²) in [7, 11) is 0. The number of hydrogen-bond acceptors (Lipinski definition) is 4. The maximum absolute atomic E-state index is 13.5. The van der Waals surface area contributed by atoms with Crippen molar-refractivity contribution in [2.75, 3.05) is 0 Å². The standard InChI is InChI=1S/C19H19F2N3O2/c1-10-22-23-17(26-10)16-8-11-4-2-3-5-12(11)9-24(16)18(25)13-6-14-15(7-13)19(14,20)21/h2-5,13-16H,6-9H2,1H3/t13?,14-,15+,16?. The number of alkyl halides is 2. The molecule has 5 rings (SSSR count). The second-order valence-electron chi connectivity index (χ2n) is 7.67. The maximum atomic E-state index is 13.5. The van der Waals surface area contributed by atoms with Crippen molar-refractivity contribution >= 4 is 5.91 Å². The molecule has 0 radical (unpaired) electrons. The summed E-state index contributed by atoms with van der Waals surface area (Å²) < 4.78 is 32.6. The lowest BCUT2D eigenvalue weighted by molar-refractivity contribution is -0.140. The number of hydrogen-bond donors (Lipinski definition) is 0. The summed E-state index contributed by atoms with van der Waals surface area (Å²) in [6, 6.07) is 7.63. The van der Waals surface area contributed by atoms with Crippen LogP contribution < -0.4 is 0 Å². The Morgan fingerprint density at radius 1 is 1.19 bits per heavy atom. The fourth-order valence-corrected chi connectivity index (χ4v) is 4.67. The highest BCUT2D eigenvalue weighted by Crippen LogP contribution is 2.66. The number of carbonyl (C=O) groups is 1. The van der Waals surface area contributed by atoms with E-state index in [9.17, 15) is 13.6 Å². The summed E-state index contributed by atoms with van der Waals surface area (Å²) >= 11 is 0. The third kappa shape index (κ3) is 2.29. The van der Waals surface area contributed by atoms with Crippen molar-refractivity contribution in [1.82, 2.24) is 15.1 Å². The topological polar surface area (TPSA) is 59.2 Å². The first-order chi connectivity index (χ1) is 12.4. The smallest absolute Gasteiger partial charge is 0.254 e. The minimum absolute atomic E-state index is 0.0663. The van der Waals surface area contributed by atoms with Gasteiger partial charge in [-0.15, -0.1) is 10.2 Å². The predicted octanol–water partition coefficient (Wildman–Crippen LogP) is 3.30. The van der Waals surface area contributed by atoms with Crippen LogP contribution in [-0.4, -0.2) is 26.9 Å². The zero-order valence-electron chi connectivity index (χ0n) is 14.4. The van der Waals surface area contributed by atoms with Crippen molar-refractivity contribution in [2.24, 2.45) is 17.8 Å². The van der Waals surface area contributed by atoms with Crippen molar-refractivity contribution in [3.63, 3.8) is 0 Å². The fourth-order valence-electron chi connectivity index (χ4n) is 4.67. The summed E-state index contributed by atoms with van der Waals surface area (Å²) in [6.07, 6.45) is 1.16. The molecule has 136 valence electrons. The van der Waals surface area contributed by atoms with E-state index in [2.05, 4.69) is 10.2 Å². The highest BCUT2D eigenvalue weighted by atomic mass is 19.3. The van der Waals surface area contributed by atoms with Gasteiger partial charge in [0.2, 0.25) is 17.7 Å². The molecular weight excluding hydrogens is 340 g/mol. The molecule has 2 fully saturated rings. The van der Waals surface area contributed by atoms with E-state index in [1.807, 2.05) is 24.3 Å². The second-order valence-corrected chi connectivity index (χ2v) is 7.67. The molecule has 1 amide bonds. The highest BCUT2D eigenvalue weighted by Gasteiger charge is 2.72. The molecule has 5 nitrogen and oxygen atoms in total. The quantitative estimate of drug-likeness (QED) is 0.826. The van der Waals surface area contributed by atoms with Gasteiger partial charge >= 0.3 is 0 Å². The molecule has 1 aliphatic heterocycles. The Morgan fingerprint density at radius 3 is 2.54 bits per heavy atom. The van der Waals surface area contributed by atoms with E-state index in [1.165, 1.54) is 0 Å². The van der Waals surface area contributed by atoms with Crippen LogP contribution in [-0.2, 0) is 17.8 Å². The third-order valence-corrected chi connectivity index (χ3v) is 6.15. The van der Waals surface area contributed by atoms with Gasteiger partial charge in [-0.2, -0.15) is 0 Å². The lowest BCUT2D eigenvalue weighted by Crippen LogP contribution is -2.42. The molecule has 2 heterocycles. The Hall–Kier alpha value is -2.31. The predicted molar refractivity (Wildman–Crippen MR) is 87.1 cm³/mol. The first-order valence-electron chi connectivity index (χ1n) is 9.00. The first-order valence-corrected chi connectivity index (χ1v) is 9.00. The van der Waals surface area contributed by atoms with Crippen LogP contribution in [0.1, 0.15) is 41.8 Å². The molecule has 0 spiro atoms. The van der Waals surface area contributed by atoms with E-state index in [0.29, 0.717) is 24.7 Å². The van der Waals surface area contributed by atoms with E-state index >= 15 is 0 Å². The molecule has 2 saturated carbocycles. The Balaban J connectivity index is 1.44. The van der Waals surface area contributed by atoms with Gasteiger partial charge in [0.25, 0.3) is 5.92 Å². The Labute approximate surface area is 149 Å². The Morgan fingerprint density at radius 2 is 1.88 bits per heavy atom. The van der Waals surface area contributed by atoms with Gasteiger partial charge in [-0.05, 0) is 24.0 Å². The van der Waals surface area contributed by atoms with Crippen molar-refractivity contribution in [2.45, 2.75) is 44.7 Å². The maximum Gasteiger partial charge on any atom is 0.254 e. The number of halogens is 2. The van der Waals surface area contributed by atoms with Crippen LogP contribution in [0.5, 0.6) is 0 Å². The largest absolute Gasteiger partial charge is 0.423 e. The molecule has 7 heteroatoms. The summed E-state index contributed by atoms with van der Waals surface area (Å²) in [4.78, 5) is 14.9. The summed E-state index contributed by atoms with van der Waals surface area (Å²) in [5, 5.41) is 8.01. The zero-order chi connectivity index (χ0) is 18.1.